The minimum Gasteiger partial charge on any atom is -0.454 e. The molecular formula is C62H41NO. The van der Waals surface area contributed by atoms with E-state index in [1.54, 1.807) is 0 Å². The lowest BCUT2D eigenvalue weighted by atomic mass is 9.84. The molecule has 12 aromatic rings. The van der Waals surface area contributed by atoms with E-state index in [1.165, 1.54) is 54.9 Å². The van der Waals surface area contributed by atoms with Crippen LogP contribution in [0.4, 0.5) is 17.1 Å². The summed E-state index contributed by atoms with van der Waals surface area (Å²) in [5.74, 6) is 0. The van der Waals surface area contributed by atoms with Crippen LogP contribution in [0.3, 0.4) is 0 Å². The van der Waals surface area contributed by atoms with Gasteiger partial charge in [0.05, 0.1) is 5.69 Å². The van der Waals surface area contributed by atoms with E-state index in [-0.39, 0.29) is 0 Å². The van der Waals surface area contributed by atoms with E-state index in [9.17, 15) is 0 Å². The highest BCUT2D eigenvalue weighted by atomic mass is 16.3. The Morgan fingerprint density at radius 3 is 1.47 bits per heavy atom. The molecule has 0 saturated carbocycles. The first-order valence-corrected chi connectivity index (χ1v) is 21.9. The topological polar surface area (TPSA) is 16.4 Å². The Labute approximate surface area is 372 Å². The molecule has 0 atom stereocenters. The van der Waals surface area contributed by atoms with Crippen molar-refractivity contribution in [3.63, 3.8) is 0 Å². The zero-order valence-electron chi connectivity index (χ0n) is 35.0. The Hall–Kier alpha value is -8.46. The first-order valence-electron chi connectivity index (χ1n) is 21.9. The maximum Gasteiger partial charge on any atom is 0.159 e. The van der Waals surface area contributed by atoms with Gasteiger partial charge in [-0.25, -0.2) is 0 Å². The van der Waals surface area contributed by atoms with Crippen molar-refractivity contribution in [2.75, 3.05) is 4.90 Å². The van der Waals surface area contributed by atoms with Crippen LogP contribution in [0.5, 0.6) is 0 Å². The molecule has 0 radical (unpaired) electrons. The molecule has 2 heteroatoms. The monoisotopic (exact) mass is 815 g/mol. The second kappa shape index (κ2) is 15.8. The number of anilines is 3. The maximum absolute atomic E-state index is 6.77. The van der Waals surface area contributed by atoms with Gasteiger partial charge < -0.3 is 9.32 Å². The zero-order valence-corrected chi connectivity index (χ0v) is 35.0. The van der Waals surface area contributed by atoms with Gasteiger partial charge in [-0.3, -0.25) is 0 Å². The summed E-state index contributed by atoms with van der Waals surface area (Å²) in [4.78, 5) is 2.37. The number of rotatable bonds is 8. The molecule has 64 heavy (non-hydrogen) atoms. The van der Waals surface area contributed by atoms with Crippen LogP contribution in [0, 0.1) is 0 Å². The fourth-order valence-corrected chi connectivity index (χ4v) is 9.74. The molecule has 0 saturated heterocycles. The highest BCUT2D eigenvalue weighted by molar-refractivity contribution is 6.22. The number of hydrogen-bond donors (Lipinski definition) is 0. The average molecular weight is 816 g/mol. The number of hydrogen-bond acceptors (Lipinski definition) is 2. The largest absolute Gasteiger partial charge is 0.454 e. The predicted molar refractivity (Wildman–Crippen MR) is 271 cm³/mol. The fourth-order valence-electron chi connectivity index (χ4n) is 9.74. The van der Waals surface area contributed by atoms with Gasteiger partial charge in [-0.2, -0.15) is 0 Å². The van der Waals surface area contributed by atoms with Gasteiger partial charge in [-0.15, -0.1) is 0 Å². The third-order valence-corrected chi connectivity index (χ3v) is 12.6. The van der Waals surface area contributed by atoms with Crippen LogP contribution in [0.2, 0.25) is 0 Å². The Morgan fingerprint density at radius 1 is 0.266 bits per heavy atom. The maximum atomic E-state index is 6.77. The Bertz CT molecular complexity index is 3650. The number of para-hydroxylation sites is 2. The molecular weight excluding hydrogens is 775 g/mol. The van der Waals surface area contributed by atoms with Crippen LogP contribution in [-0.4, -0.2) is 0 Å². The van der Waals surface area contributed by atoms with Gasteiger partial charge in [0.25, 0.3) is 0 Å². The van der Waals surface area contributed by atoms with Gasteiger partial charge in [0.2, 0.25) is 0 Å². The van der Waals surface area contributed by atoms with Crippen molar-refractivity contribution in [1.29, 1.82) is 0 Å². The Kier molecular flexibility index (Phi) is 9.20. The van der Waals surface area contributed by atoms with E-state index in [0.717, 1.165) is 61.3 Å². The quantitative estimate of drug-likeness (QED) is 0.142. The van der Waals surface area contributed by atoms with E-state index in [4.69, 9.17) is 4.42 Å². The van der Waals surface area contributed by atoms with Crippen LogP contribution < -0.4 is 4.90 Å². The van der Waals surface area contributed by atoms with Crippen molar-refractivity contribution in [2.24, 2.45) is 0 Å². The summed E-state index contributed by atoms with van der Waals surface area (Å²) in [7, 11) is 0. The molecule has 0 unspecified atom stereocenters. The van der Waals surface area contributed by atoms with Crippen molar-refractivity contribution < 1.29 is 4.42 Å². The fraction of sp³-hybridized carbons (Fsp3) is 0. The summed E-state index contributed by atoms with van der Waals surface area (Å²) < 4.78 is 6.77. The minimum absolute atomic E-state index is 0.848. The van der Waals surface area contributed by atoms with Gasteiger partial charge in [0.1, 0.15) is 5.58 Å². The molecule has 0 aliphatic carbocycles. The Morgan fingerprint density at radius 2 is 0.766 bits per heavy atom. The normalized spacial score (nSPS) is 11.4. The molecule has 0 aliphatic heterocycles. The van der Waals surface area contributed by atoms with Crippen molar-refractivity contribution >= 4 is 60.5 Å². The zero-order chi connectivity index (χ0) is 42.4. The standard InChI is InChI=1S/C62H41NO/c1-5-19-42(20-6-1)50-38-36-49(41-56(50)43-21-7-2-8-22-43)63(58-33-18-32-55-53-30-15-16-34-59(53)64-62(55)58)48-28-17-27-46(39-48)47-35-37-52-51-29-13-14-31-54(51)60(44-23-9-3-10-24-44)61(57(52)40-47)45-25-11-4-12-26-45/h1-41H. The molecule has 12 rings (SSSR count). The van der Waals surface area contributed by atoms with Gasteiger partial charge in [0.15, 0.2) is 5.58 Å². The van der Waals surface area contributed by atoms with Gasteiger partial charge in [-0.05, 0) is 120 Å². The minimum atomic E-state index is 0.848. The highest BCUT2D eigenvalue weighted by Crippen LogP contribution is 2.48. The molecule has 0 spiro atoms. The number of furan rings is 1. The summed E-state index contributed by atoms with van der Waals surface area (Å²) in [5.41, 5.74) is 16.6. The molecule has 300 valence electrons. The van der Waals surface area contributed by atoms with Gasteiger partial charge in [-0.1, -0.05) is 206 Å². The predicted octanol–water partition coefficient (Wildman–Crippen LogP) is 17.7. The average Bonchev–Trinajstić information content (AvgIpc) is 3.76. The smallest absolute Gasteiger partial charge is 0.159 e. The van der Waals surface area contributed by atoms with Crippen LogP contribution >= 0.6 is 0 Å². The van der Waals surface area contributed by atoms with Crippen molar-refractivity contribution in [2.45, 2.75) is 0 Å². The molecule has 0 bridgehead atoms. The van der Waals surface area contributed by atoms with Crippen LogP contribution in [-0.2, 0) is 0 Å². The molecule has 0 fully saturated rings. The Balaban J connectivity index is 1.09. The molecule has 11 aromatic carbocycles. The van der Waals surface area contributed by atoms with Crippen molar-refractivity contribution in [1.82, 2.24) is 0 Å². The summed E-state index contributed by atoms with van der Waals surface area (Å²) in [6.07, 6.45) is 0. The summed E-state index contributed by atoms with van der Waals surface area (Å²) in [5, 5.41) is 7.14. The first kappa shape index (κ1) is 37.3. The van der Waals surface area contributed by atoms with Gasteiger partial charge in [0, 0.05) is 22.1 Å². The molecule has 0 N–H and O–H groups in total. The van der Waals surface area contributed by atoms with Gasteiger partial charge >= 0.3 is 0 Å². The van der Waals surface area contributed by atoms with Crippen LogP contribution in [0.25, 0.3) is 99.1 Å². The number of fused-ring (bicyclic) bond motifs is 6. The third-order valence-electron chi connectivity index (χ3n) is 12.6. The van der Waals surface area contributed by atoms with E-state index in [2.05, 4.69) is 248 Å². The number of nitrogens with zero attached hydrogens (tertiary/aromatic N) is 1. The first-order chi connectivity index (χ1) is 31.8. The van der Waals surface area contributed by atoms with Crippen LogP contribution in [0.1, 0.15) is 0 Å². The van der Waals surface area contributed by atoms with E-state index in [1.807, 2.05) is 6.07 Å². The van der Waals surface area contributed by atoms with Crippen molar-refractivity contribution in [3.05, 3.63) is 249 Å². The van der Waals surface area contributed by atoms with Crippen molar-refractivity contribution in [3.8, 4) is 55.6 Å². The molecule has 2 nitrogen and oxygen atoms in total. The molecule has 0 aliphatic rings. The molecule has 0 amide bonds. The van der Waals surface area contributed by atoms with Crippen LogP contribution in [0.15, 0.2) is 253 Å². The van der Waals surface area contributed by atoms with E-state index >= 15 is 0 Å². The second-order valence-electron chi connectivity index (χ2n) is 16.4. The summed E-state index contributed by atoms with van der Waals surface area (Å²) in [6, 6.07) is 89.6. The second-order valence-corrected chi connectivity index (χ2v) is 16.4. The van der Waals surface area contributed by atoms with E-state index < -0.39 is 0 Å². The number of benzene rings is 11. The molecule has 1 heterocycles. The SMILES string of the molecule is c1ccc(-c2ccc(N(c3cccc(-c4ccc5c(c4)c(-c4ccccc4)c(-c4ccccc4)c4ccccc45)c3)c3cccc4c3oc3ccccc34)cc2-c2ccccc2)cc1. The summed E-state index contributed by atoms with van der Waals surface area (Å²) in [6.45, 7) is 0. The molecule has 1 aromatic heterocycles. The summed E-state index contributed by atoms with van der Waals surface area (Å²) >= 11 is 0. The lowest BCUT2D eigenvalue weighted by Gasteiger charge is -2.27. The third kappa shape index (κ3) is 6.44. The highest BCUT2D eigenvalue weighted by Gasteiger charge is 2.23. The lowest BCUT2D eigenvalue weighted by molar-refractivity contribution is 0.669. The lowest BCUT2D eigenvalue weighted by Crippen LogP contribution is -2.10. The van der Waals surface area contributed by atoms with E-state index in [0.29, 0.717) is 0 Å².